The molecular weight excluding hydrogens is 286 g/mol. The SMILES string of the molecule is O=C(CCBr)NC1CCSc2ccccc21. The number of carbonyl (C=O) groups is 1. The van der Waals surface area contributed by atoms with Crippen molar-refractivity contribution in [3.63, 3.8) is 0 Å². The number of alkyl halides is 1. The number of benzene rings is 1. The van der Waals surface area contributed by atoms with Crippen molar-refractivity contribution in [3.8, 4) is 0 Å². The number of halogens is 1. The normalized spacial score (nSPS) is 18.9. The van der Waals surface area contributed by atoms with Gasteiger partial charge in [0.2, 0.25) is 5.91 Å². The summed E-state index contributed by atoms with van der Waals surface area (Å²) in [5.41, 5.74) is 1.27. The Morgan fingerprint density at radius 2 is 2.31 bits per heavy atom. The molecule has 0 aliphatic carbocycles. The predicted octanol–water partition coefficient (Wildman–Crippen LogP) is 3.12. The van der Waals surface area contributed by atoms with Crippen LogP contribution in [0.4, 0.5) is 0 Å². The van der Waals surface area contributed by atoms with Gasteiger partial charge in [0.05, 0.1) is 6.04 Å². The lowest BCUT2D eigenvalue weighted by molar-refractivity contribution is -0.121. The van der Waals surface area contributed by atoms with Crippen molar-refractivity contribution in [3.05, 3.63) is 29.8 Å². The van der Waals surface area contributed by atoms with Crippen LogP contribution in [0.5, 0.6) is 0 Å². The van der Waals surface area contributed by atoms with E-state index in [0.717, 1.165) is 17.5 Å². The van der Waals surface area contributed by atoms with E-state index >= 15 is 0 Å². The van der Waals surface area contributed by atoms with Crippen molar-refractivity contribution < 1.29 is 4.79 Å². The van der Waals surface area contributed by atoms with Crippen LogP contribution in [-0.4, -0.2) is 17.0 Å². The molecule has 0 aromatic heterocycles. The molecule has 2 nitrogen and oxygen atoms in total. The summed E-state index contributed by atoms with van der Waals surface area (Å²) in [6, 6.07) is 8.52. The molecule has 1 aliphatic heterocycles. The van der Waals surface area contributed by atoms with E-state index < -0.39 is 0 Å². The van der Waals surface area contributed by atoms with E-state index in [4.69, 9.17) is 0 Å². The van der Waals surface area contributed by atoms with Gasteiger partial charge in [0, 0.05) is 22.4 Å². The minimum atomic E-state index is 0.128. The highest BCUT2D eigenvalue weighted by atomic mass is 79.9. The second-order valence-corrected chi connectivity index (χ2v) is 5.66. The fourth-order valence-electron chi connectivity index (χ4n) is 1.84. The maximum absolute atomic E-state index is 11.6. The topological polar surface area (TPSA) is 29.1 Å². The summed E-state index contributed by atoms with van der Waals surface area (Å²) in [7, 11) is 0. The van der Waals surface area contributed by atoms with E-state index in [0.29, 0.717) is 6.42 Å². The van der Waals surface area contributed by atoms with Crippen LogP contribution in [0.2, 0.25) is 0 Å². The van der Waals surface area contributed by atoms with Gasteiger partial charge in [0.1, 0.15) is 0 Å². The van der Waals surface area contributed by atoms with Crippen molar-refractivity contribution in [1.82, 2.24) is 5.32 Å². The Bertz CT molecular complexity index is 383. The Morgan fingerprint density at radius 3 is 3.12 bits per heavy atom. The second kappa shape index (κ2) is 5.73. The van der Waals surface area contributed by atoms with Gasteiger partial charge in [-0.05, 0) is 18.1 Å². The first-order valence-corrected chi connectivity index (χ1v) is 7.49. The Hall–Kier alpha value is -0.480. The highest BCUT2D eigenvalue weighted by Crippen LogP contribution is 2.35. The van der Waals surface area contributed by atoms with Crippen LogP contribution >= 0.6 is 27.7 Å². The molecule has 86 valence electrons. The van der Waals surface area contributed by atoms with Gasteiger partial charge in [-0.2, -0.15) is 0 Å². The van der Waals surface area contributed by atoms with Crippen LogP contribution < -0.4 is 5.32 Å². The van der Waals surface area contributed by atoms with Gasteiger partial charge >= 0.3 is 0 Å². The Morgan fingerprint density at radius 1 is 1.50 bits per heavy atom. The number of nitrogens with one attached hydrogen (secondary N) is 1. The third kappa shape index (κ3) is 2.80. The highest BCUT2D eigenvalue weighted by molar-refractivity contribution is 9.09. The van der Waals surface area contributed by atoms with Crippen LogP contribution in [0.1, 0.15) is 24.4 Å². The maximum atomic E-state index is 11.6. The zero-order chi connectivity index (χ0) is 11.4. The maximum Gasteiger partial charge on any atom is 0.221 e. The monoisotopic (exact) mass is 299 g/mol. The van der Waals surface area contributed by atoms with Crippen molar-refractivity contribution in [1.29, 1.82) is 0 Å². The number of rotatable bonds is 3. The summed E-state index contributed by atoms with van der Waals surface area (Å²) in [4.78, 5) is 12.9. The Kier molecular flexibility index (Phi) is 4.29. The Balaban J connectivity index is 2.10. The number of hydrogen-bond acceptors (Lipinski definition) is 2. The average molecular weight is 300 g/mol. The molecule has 1 aromatic carbocycles. The van der Waals surface area contributed by atoms with E-state index in [9.17, 15) is 4.79 Å². The molecule has 0 spiro atoms. The molecule has 0 saturated heterocycles. The van der Waals surface area contributed by atoms with Gasteiger partial charge in [-0.15, -0.1) is 11.8 Å². The number of fused-ring (bicyclic) bond motifs is 1. The van der Waals surface area contributed by atoms with Gasteiger partial charge in [-0.25, -0.2) is 0 Å². The summed E-state index contributed by atoms with van der Waals surface area (Å²) < 4.78 is 0. The first-order valence-electron chi connectivity index (χ1n) is 5.38. The van der Waals surface area contributed by atoms with E-state index in [-0.39, 0.29) is 11.9 Å². The van der Waals surface area contributed by atoms with Gasteiger partial charge in [-0.1, -0.05) is 34.1 Å². The minimum Gasteiger partial charge on any atom is -0.349 e. The zero-order valence-electron chi connectivity index (χ0n) is 8.91. The lowest BCUT2D eigenvalue weighted by Crippen LogP contribution is -2.30. The average Bonchev–Trinajstić information content (AvgIpc) is 2.30. The fraction of sp³-hybridized carbons (Fsp3) is 0.417. The summed E-state index contributed by atoms with van der Waals surface area (Å²) in [5.74, 6) is 1.21. The lowest BCUT2D eigenvalue weighted by atomic mass is 10.0. The first kappa shape index (κ1) is 12.0. The molecular formula is C12H14BrNOS. The van der Waals surface area contributed by atoms with Crippen LogP contribution in [0.15, 0.2) is 29.2 Å². The molecule has 4 heteroatoms. The third-order valence-corrected chi connectivity index (χ3v) is 4.13. The molecule has 1 amide bonds. The molecule has 0 fully saturated rings. The molecule has 1 atom stereocenters. The van der Waals surface area contributed by atoms with Crippen molar-refractivity contribution in [2.45, 2.75) is 23.8 Å². The molecule has 1 N–H and O–H groups in total. The van der Waals surface area contributed by atoms with Crippen molar-refractivity contribution in [2.75, 3.05) is 11.1 Å². The number of thioether (sulfide) groups is 1. The number of carbonyl (C=O) groups excluding carboxylic acids is 1. The first-order chi connectivity index (χ1) is 7.81. The van der Waals surface area contributed by atoms with Crippen LogP contribution in [0.3, 0.4) is 0 Å². The fourth-order valence-corrected chi connectivity index (χ4v) is 3.33. The zero-order valence-corrected chi connectivity index (χ0v) is 11.3. The van der Waals surface area contributed by atoms with Crippen molar-refractivity contribution >= 4 is 33.6 Å². The number of amides is 1. The molecule has 0 bridgehead atoms. The summed E-state index contributed by atoms with van der Waals surface area (Å²) in [5, 5.41) is 3.82. The van der Waals surface area contributed by atoms with E-state index in [1.165, 1.54) is 10.5 Å². The third-order valence-electron chi connectivity index (χ3n) is 2.62. The van der Waals surface area contributed by atoms with Crippen molar-refractivity contribution in [2.24, 2.45) is 0 Å². The molecule has 2 rings (SSSR count). The molecule has 1 unspecified atom stereocenters. The largest absolute Gasteiger partial charge is 0.349 e. The molecule has 0 saturated carbocycles. The molecule has 1 aliphatic rings. The molecule has 1 aromatic rings. The van der Waals surface area contributed by atoms with Crippen LogP contribution in [0.25, 0.3) is 0 Å². The smallest absolute Gasteiger partial charge is 0.221 e. The van der Waals surface area contributed by atoms with E-state index in [2.05, 4.69) is 39.4 Å². The quantitative estimate of drug-likeness (QED) is 0.869. The van der Waals surface area contributed by atoms with Gasteiger partial charge < -0.3 is 5.32 Å². The summed E-state index contributed by atoms with van der Waals surface area (Å²) in [6.07, 6.45) is 1.57. The molecule has 1 heterocycles. The molecule has 16 heavy (non-hydrogen) atoms. The summed E-state index contributed by atoms with van der Waals surface area (Å²) in [6.45, 7) is 0. The number of hydrogen-bond donors (Lipinski definition) is 1. The standard InChI is InChI=1S/C12H14BrNOS/c13-7-5-12(15)14-10-6-8-16-11-4-2-1-3-9(10)11/h1-4,10H,5-8H2,(H,14,15). The second-order valence-electron chi connectivity index (χ2n) is 3.73. The van der Waals surface area contributed by atoms with E-state index in [1.807, 2.05) is 17.8 Å². The summed E-state index contributed by atoms with van der Waals surface area (Å²) >= 11 is 5.15. The van der Waals surface area contributed by atoms with Gasteiger partial charge in [0.25, 0.3) is 0 Å². The van der Waals surface area contributed by atoms with Crippen LogP contribution in [-0.2, 0) is 4.79 Å². The lowest BCUT2D eigenvalue weighted by Gasteiger charge is -2.25. The van der Waals surface area contributed by atoms with Gasteiger partial charge in [-0.3, -0.25) is 4.79 Å². The highest BCUT2D eigenvalue weighted by Gasteiger charge is 2.21. The molecule has 0 radical (unpaired) electrons. The predicted molar refractivity (Wildman–Crippen MR) is 71.1 cm³/mol. The van der Waals surface area contributed by atoms with Crippen LogP contribution in [0, 0.1) is 0 Å². The van der Waals surface area contributed by atoms with Gasteiger partial charge in [0.15, 0.2) is 0 Å². The Labute approximate surface area is 108 Å². The van der Waals surface area contributed by atoms with E-state index in [1.54, 1.807) is 0 Å². The minimum absolute atomic E-state index is 0.128.